The van der Waals surface area contributed by atoms with Crippen LogP contribution in [0.4, 0.5) is 0 Å². The van der Waals surface area contributed by atoms with Crippen molar-refractivity contribution < 1.29 is 15.0 Å². The second kappa shape index (κ2) is 4.96. The number of carbonyl (C=O) groups is 1. The van der Waals surface area contributed by atoms with Crippen molar-refractivity contribution >= 4 is 5.78 Å². The van der Waals surface area contributed by atoms with Crippen LogP contribution in [0.1, 0.15) is 58.8 Å². The van der Waals surface area contributed by atoms with E-state index in [0.29, 0.717) is 24.2 Å². The van der Waals surface area contributed by atoms with Gasteiger partial charge in [0.2, 0.25) is 0 Å². The lowest BCUT2D eigenvalue weighted by Crippen LogP contribution is -2.55. The molecule has 130 valence electrons. The average Bonchev–Trinajstić information content (AvgIpc) is 2.77. The zero-order valence-corrected chi connectivity index (χ0v) is 14.7. The first-order chi connectivity index (χ1) is 11.2. The molecule has 3 nitrogen and oxygen atoms in total. The largest absolute Gasteiger partial charge is 0.365 e. The smallest absolute Gasteiger partial charge is 0.170 e. The normalized spacial score (nSPS) is 49.5. The summed E-state index contributed by atoms with van der Waals surface area (Å²) in [4.78, 5) is 12.2. The highest BCUT2D eigenvalue weighted by Crippen LogP contribution is 2.67. The van der Waals surface area contributed by atoms with E-state index in [4.69, 9.17) is 6.42 Å². The molecule has 0 radical (unpaired) electrons. The van der Waals surface area contributed by atoms with Crippen molar-refractivity contribution in [1.29, 1.82) is 0 Å². The fourth-order valence-corrected chi connectivity index (χ4v) is 6.78. The molecule has 6 atom stereocenters. The molecule has 4 aliphatic carbocycles. The molecule has 1 unspecified atom stereocenters. The first kappa shape index (κ1) is 16.4. The van der Waals surface area contributed by atoms with Crippen molar-refractivity contribution in [1.82, 2.24) is 0 Å². The van der Waals surface area contributed by atoms with E-state index in [2.05, 4.69) is 19.8 Å². The molecule has 0 aromatic heterocycles. The highest BCUT2D eigenvalue weighted by molar-refractivity contribution is 5.95. The fourth-order valence-electron chi connectivity index (χ4n) is 6.78. The van der Waals surface area contributed by atoms with Crippen molar-refractivity contribution in [3.8, 4) is 12.3 Å². The van der Waals surface area contributed by atoms with Gasteiger partial charge < -0.3 is 10.2 Å². The lowest BCUT2D eigenvalue weighted by molar-refractivity contribution is -0.247. The summed E-state index contributed by atoms with van der Waals surface area (Å²) in [6, 6.07) is 0. The topological polar surface area (TPSA) is 57.5 Å². The quantitative estimate of drug-likeness (QED) is 0.531. The minimum absolute atomic E-state index is 0.00531. The Bertz CT molecular complexity index is 654. The van der Waals surface area contributed by atoms with Crippen LogP contribution < -0.4 is 0 Å². The van der Waals surface area contributed by atoms with Gasteiger partial charge in [0, 0.05) is 11.8 Å². The van der Waals surface area contributed by atoms with E-state index in [1.165, 1.54) is 5.57 Å². The van der Waals surface area contributed by atoms with Gasteiger partial charge in [-0.3, -0.25) is 4.79 Å². The number of allylic oxidation sites excluding steroid dienone is 1. The molecule has 3 saturated carbocycles. The van der Waals surface area contributed by atoms with Gasteiger partial charge in [-0.15, -0.1) is 6.42 Å². The zero-order valence-electron chi connectivity index (χ0n) is 14.7. The van der Waals surface area contributed by atoms with Crippen LogP contribution >= 0.6 is 0 Å². The number of rotatable bonds is 0. The van der Waals surface area contributed by atoms with Gasteiger partial charge in [0.05, 0.1) is 5.92 Å². The number of terminal acetylenes is 1. The van der Waals surface area contributed by atoms with Crippen LogP contribution in [0.15, 0.2) is 11.6 Å². The summed E-state index contributed by atoms with van der Waals surface area (Å²) < 4.78 is 0. The Hall–Kier alpha value is -1.11. The molecule has 0 heterocycles. The van der Waals surface area contributed by atoms with Gasteiger partial charge >= 0.3 is 0 Å². The number of hydrogen-bond donors (Lipinski definition) is 2. The minimum atomic E-state index is -1.52. The third kappa shape index (κ3) is 1.90. The van der Waals surface area contributed by atoms with E-state index >= 15 is 0 Å². The summed E-state index contributed by atoms with van der Waals surface area (Å²) in [6.45, 7) is 4.37. The van der Waals surface area contributed by atoms with E-state index in [9.17, 15) is 15.0 Å². The molecule has 3 fully saturated rings. The van der Waals surface area contributed by atoms with Crippen LogP contribution in [-0.4, -0.2) is 21.8 Å². The second-order valence-electron chi connectivity index (χ2n) is 9.14. The van der Waals surface area contributed by atoms with Crippen molar-refractivity contribution in [2.24, 2.45) is 34.5 Å². The van der Waals surface area contributed by atoms with Crippen LogP contribution in [0, 0.1) is 46.8 Å². The van der Waals surface area contributed by atoms with Crippen LogP contribution in [0.25, 0.3) is 0 Å². The Morgan fingerprint density at radius 2 is 1.88 bits per heavy atom. The standard InChI is InChI=1S/C21H28O3/c1-4-13-12-19(2)14(11-18(13)22)5-6-15-16(19)7-9-20(3)17(15)8-10-21(20,23)24/h1,11,13,15-17,23-24H,5-10,12H2,2-3H3/t13?,15-,16+,17+,19+,20+/m1/s1. The Labute approximate surface area is 144 Å². The third-order valence-corrected chi connectivity index (χ3v) is 8.33. The number of fused-ring (bicyclic) bond motifs is 5. The van der Waals surface area contributed by atoms with E-state index < -0.39 is 5.79 Å². The Morgan fingerprint density at radius 3 is 2.58 bits per heavy atom. The molecule has 0 spiro atoms. The molecule has 2 N–H and O–H groups in total. The molecule has 4 rings (SSSR count). The summed E-state index contributed by atoms with van der Waals surface area (Å²) >= 11 is 0. The van der Waals surface area contributed by atoms with Gasteiger partial charge in [-0.05, 0) is 67.8 Å². The average molecular weight is 328 g/mol. The zero-order chi connectivity index (χ0) is 17.3. The van der Waals surface area contributed by atoms with E-state index in [1.807, 2.05) is 6.08 Å². The molecule has 0 saturated heterocycles. The van der Waals surface area contributed by atoms with E-state index in [0.717, 1.165) is 38.5 Å². The summed E-state index contributed by atoms with van der Waals surface area (Å²) in [6.07, 6.45) is 13.5. The van der Waals surface area contributed by atoms with Gasteiger partial charge in [-0.1, -0.05) is 25.3 Å². The minimum Gasteiger partial charge on any atom is -0.365 e. The Balaban J connectivity index is 1.71. The lowest BCUT2D eigenvalue weighted by atomic mass is 9.46. The van der Waals surface area contributed by atoms with E-state index in [-0.39, 0.29) is 22.5 Å². The summed E-state index contributed by atoms with van der Waals surface area (Å²) in [5, 5.41) is 21.0. The van der Waals surface area contributed by atoms with Crippen LogP contribution in [0.2, 0.25) is 0 Å². The highest BCUT2D eigenvalue weighted by Gasteiger charge is 2.64. The van der Waals surface area contributed by atoms with Gasteiger partial charge in [0.1, 0.15) is 0 Å². The molecule has 4 aliphatic rings. The predicted octanol–water partition coefficient (Wildman–Crippen LogP) is 3.06. The number of aliphatic hydroxyl groups is 2. The maximum Gasteiger partial charge on any atom is 0.170 e. The number of ketones is 1. The molecular formula is C21H28O3. The van der Waals surface area contributed by atoms with Gasteiger partial charge in [0.25, 0.3) is 0 Å². The summed E-state index contributed by atoms with van der Waals surface area (Å²) in [7, 11) is 0. The van der Waals surface area contributed by atoms with Crippen molar-refractivity contribution in [3.63, 3.8) is 0 Å². The van der Waals surface area contributed by atoms with Crippen molar-refractivity contribution in [2.75, 3.05) is 0 Å². The molecule has 0 bridgehead atoms. The maximum absolute atomic E-state index is 12.2. The van der Waals surface area contributed by atoms with Crippen LogP contribution in [-0.2, 0) is 4.79 Å². The van der Waals surface area contributed by atoms with Gasteiger partial charge in [0.15, 0.2) is 11.6 Å². The number of hydrogen-bond acceptors (Lipinski definition) is 3. The molecule has 0 aliphatic heterocycles. The highest BCUT2D eigenvalue weighted by atomic mass is 16.5. The first-order valence-corrected chi connectivity index (χ1v) is 9.39. The summed E-state index contributed by atoms with van der Waals surface area (Å²) in [5.41, 5.74) is 0.911. The van der Waals surface area contributed by atoms with Gasteiger partial charge in [-0.25, -0.2) is 0 Å². The molecule has 0 amide bonds. The molecule has 0 aromatic carbocycles. The van der Waals surface area contributed by atoms with Crippen molar-refractivity contribution in [3.05, 3.63) is 11.6 Å². The maximum atomic E-state index is 12.2. The molecule has 24 heavy (non-hydrogen) atoms. The second-order valence-corrected chi connectivity index (χ2v) is 9.14. The number of carbonyl (C=O) groups excluding carboxylic acids is 1. The SMILES string of the molecule is C#CC1C[C@@]2(C)C(=CC1=O)CC[C@@H]1[C@@H]2CC[C@@]2(C)[C@H]1CCC2(O)O. The fraction of sp³-hybridized carbons (Fsp3) is 0.762. The Kier molecular flexibility index (Phi) is 3.38. The van der Waals surface area contributed by atoms with E-state index in [1.54, 1.807) is 0 Å². The Morgan fingerprint density at radius 1 is 1.17 bits per heavy atom. The predicted molar refractivity (Wildman–Crippen MR) is 91.6 cm³/mol. The molecule has 3 heteroatoms. The van der Waals surface area contributed by atoms with Crippen LogP contribution in [0.3, 0.4) is 0 Å². The monoisotopic (exact) mass is 328 g/mol. The van der Waals surface area contributed by atoms with Gasteiger partial charge in [-0.2, -0.15) is 0 Å². The molecular weight excluding hydrogens is 300 g/mol. The summed E-state index contributed by atoms with van der Waals surface area (Å²) in [5.74, 6) is 2.38. The lowest BCUT2D eigenvalue weighted by Gasteiger charge is -2.58. The first-order valence-electron chi connectivity index (χ1n) is 9.39. The van der Waals surface area contributed by atoms with Crippen molar-refractivity contribution in [2.45, 2.75) is 64.6 Å². The third-order valence-electron chi connectivity index (χ3n) is 8.33. The van der Waals surface area contributed by atoms with Crippen LogP contribution in [0.5, 0.6) is 0 Å². The molecule has 0 aromatic rings.